The molecule has 0 saturated heterocycles. The van der Waals surface area contributed by atoms with Crippen LogP contribution < -0.4 is 4.90 Å². The third-order valence-corrected chi connectivity index (χ3v) is 19.1. The molecule has 0 N–H and O–H groups in total. The zero-order valence-electron chi connectivity index (χ0n) is 47.0. The van der Waals surface area contributed by atoms with E-state index in [4.69, 9.17) is 0 Å². The Morgan fingerprint density at radius 1 is 0.357 bits per heavy atom. The lowest BCUT2D eigenvalue weighted by atomic mass is 9.70. The van der Waals surface area contributed by atoms with Gasteiger partial charge in [-0.2, -0.15) is 0 Å². The Labute approximate surface area is 491 Å². The summed E-state index contributed by atoms with van der Waals surface area (Å²) in [5.41, 5.74) is 32.1. The smallest absolute Gasteiger partial charge is 0.0726 e. The number of hydrogen-bond acceptors (Lipinski definition) is 1. The average molecular weight is 1070 g/mol. The van der Waals surface area contributed by atoms with Gasteiger partial charge in [0.05, 0.1) is 22.1 Å². The van der Waals surface area contributed by atoms with Gasteiger partial charge in [-0.15, -0.1) is 0 Å². The summed E-state index contributed by atoms with van der Waals surface area (Å²) in [5, 5.41) is 2.57. The standard InChI is InChI=1S/C82H58N2/c1-81(2)71-30-17-15-28-64(71)68-51-70-69-48-58(40-47-77(69)84(79(70)52-74(68)81)61-26-13-6-14-27-61)57-36-43-63(44-37-57)83(62-41-34-56(35-42-62)53-20-7-3-8-21-53)78-33-19-32-73-80(78)67-29-16-18-31-72(67)82(73)75-49-59(54-22-9-4-10-23-54)38-45-65(75)66-46-39-60(50-76(66)82)55-24-11-5-12-25-55/h3-14,16-27,29-52H,15,28H2,1-2H3. The summed E-state index contributed by atoms with van der Waals surface area (Å²) in [6, 6.07) is 105. The van der Waals surface area contributed by atoms with E-state index in [2.05, 4.69) is 315 Å². The van der Waals surface area contributed by atoms with Crippen molar-refractivity contribution in [2.24, 2.45) is 0 Å². The van der Waals surface area contributed by atoms with Crippen LogP contribution in [0.5, 0.6) is 0 Å². The second-order valence-corrected chi connectivity index (χ2v) is 23.8. The second kappa shape index (κ2) is 18.6. The number of anilines is 3. The van der Waals surface area contributed by atoms with E-state index in [-0.39, 0.29) is 5.41 Å². The molecule has 1 aromatic heterocycles. The van der Waals surface area contributed by atoms with Crippen molar-refractivity contribution >= 4 is 44.4 Å². The monoisotopic (exact) mass is 1070 g/mol. The van der Waals surface area contributed by atoms with E-state index in [0.29, 0.717) is 0 Å². The van der Waals surface area contributed by atoms with Gasteiger partial charge >= 0.3 is 0 Å². The summed E-state index contributed by atoms with van der Waals surface area (Å²) in [6.45, 7) is 4.82. The van der Waals surface area contributed by atoms with Crippen LogP contribution in [0.1, 0.15) is 60.1 Å². The molecule has 2 heteroatoms. The fraction of sp³-hybridized carbons (Fsp3) is 0.0732. The summed E-state index contributed by atoms with van der Waals surface area (Å²) in [5.74, 6) is 0. The molecule has 1 spiro atoms. The van der Waals surface area contributed by atoms with Crippen molar-refractivity contribution in [1.29, 1.82) is 0 Å². The van der Waals surface area contributed by atoms with Gasteiger partial charge in [0.2, 0.25) is 0 Å². The molecule has 0 radical (unpaired) electrons. The normalized spacial score (nSPS) is 14.5. The molecule has 4 aliphatic rings. The largest absolute Gasteiger partial charge is 0.310 e. The molecule has 84 heavy (non-hydrogen) atoms. The van der Waals surface area contributed by atoms with Crippen molar-refractivity contribution in [3.05, 3.63) is 330 Å². The summed E-state index contributed by atoms with van der Waals surface area (Å²) in [7, 11) is 0. The summed E-state index contributed by atoms with van der Waals surface area (Å²) in [4.78, 5) is 2.51. The Morgan fingerprint density at radius 2 is 0.857 bits per heavy atom. The van der Waals surface area contributed by atoms with Crippen LogP contribution in [0.25, 0.3) is 99.8 Å². The van der Waals surface area contributed by atoms with E-state index >= 15 is 0 Å². The Kier molecular flexibility index (Phi) is 10.7. The summed E-state index contributed by atoms with van der Waals surface area (Å²) < 4.78 is 2.48. The molecule has 12 aromatic carbocycles. The molecule has 0 amide bonds. The van der Waals surface area contributed by atoms with Crippen LogP contribution in [-0.4, -0.2) is 4.57 Å². The molecule has 17 rings (SSSR count). The number of para-hydroxylation sites is 1. The molecule has 0 saturated carbocycles. The van der Waals surface area contributed by atoms with Crippen molar-refractivity contribution in [2.75, 3.05) is 4.90 Å². The van der Waals surface area contributed by atoms with Gasteiger partial charge in [0.25, 0.3) is 0 Å². The van der Waals surface area contributed by atoms with E-state index in [1.54, 1.807) is 0 Å². The number of rotatable bonds is 8. The van der Waals surface area contributed by atoms with Gasteiger partial charge in [0, 0.05) is 38.8 Å². The number of fused-ring (bicyclic) bond motifs is 15. The molecule has 0 unspecified atom stereocenters. The Hall–Kier alpha value is -10.3. The van der Waals surface area contributed by atoms with Crippen LogP contribution in [0, 0.1) is 0 Å². The highest BCUT2D eigenvalue weighted by atomic mass is 15.1. The van der Waals surface area contributed by atoms with Gasteiger partial charge in [-0.3, -0.25) is 0 Å². The topological polar surface area (TPSA) is 8.17 Å². The molecule has 0 fully saturated rings. The minimum Gasteiger partial charge on any atom is -0.310 e. The van der Waals surface area contributed by atoms with Gasteiger partial charge in [0.1, 0.15) is 0 Å². The molecule has 4 aliphatic carbocycles. The number of aromatic nitrogens is 1. The van der Waals surface area contributed by atoms with Gasteiger partial charge in [0.15, 0.2) is 0 Å². The van der Waals surface area contributed by atoms with Gasteiger partial charge in [-0.1, -0.05) is 226 Å². The van der Waals surface area contributed by atoms with E-state index in [1.165, 1.54) is 139 Å². The maximum absolute atomic E-state index is 2.53. The number of allylic oxidation sites excluding steroid dienone is 4. The molecular weight excluding hydrogens is 1010 g/mol. The van der Waals surface area contributed by atoms with E-state index < -0.39 is 5.41 Å². The lowest BCUT2D eigenvalue weighted by molar-refractivity contribution is 0.652. The highest BCUT2D eigenvalue weighted by molar-refractivity contribution is 6.12. The SMILES string of the molecule is CC1(C)C2=C(CCC=C2)c2cc3c4cc(-c5ccc(N(c6ccc(-c7ccccc7)cc6)c6cccc7c6-c6ccccc6C76c7cc(-c8ccccc8)ccc7-c7ccc(-c8ccccc8)cc76)cc5)ccc4n(-c4ccccc4)c3cc21. The average Bonchev–Trinajstić information content (AvgIpc) is 1.54. The fourth-order valence-corrected chi connectivity index (χ4v) is 15.2. The predicted octanol–water partition coefficient (Wildman–Crippen LogP) is 21.7. The molecule has 0 atom stereocenters. The molecule has 0 bridgehead atoms. The Balaban J connectivity index is 0.853. The zero-order chi connectivity index (χ0) is 55.7. The van der Waals surface area contributed by atoms with E-state index in [1.807, 2.05) is 0 Å². The molecule has 396 valence electrons. The van der Waals surface area contributed by atoms with Crippen molar-refractivity contribution in [2.45, 2.75) is 37.5 Å². The van der Waals surface area contributed by atoms with E-state index in [9.17, 15) is 0 Å². The van der Waals surface area contributed by atoms with Crippen molar-refractivity contribution < 1.29 is 0 Å². The van der Waals surface area contributed by atoms with E-state index in [0.717, 1.165) is 29.9 Å². The first-order valence-electron chi connectivity index (χ1n) is 29.7. The fourth-order valence-electron chi connectivity index (χ4n) is 15.2. The Bertz CT molecular complexity index is 4780. The first kappa shape index (κ1) is 48.4. The molecule has 2 nitrogen and oxygen atoms in total. The highest BCUT2D eigenvalue weighted by Crippen LogP contribution is 2.65. The maximum atomic E-state index is 2.53. The van der Waals surface area contributed by atoms with Gasteiger partial charge in [-0.05, 0) is 197 Å². The second-order valence-electron chi connectivity index (χ2n) is 23.8. The van der Waals surface area contributed by atoms with Crippen LogP contribution in [0.4, 0.5) is 17.1 Å². The molecule has 0 aliphatic heterocycles. The quantitative estimate of drug-likeness (QED) is 0.147. The predicted molar refractivity (Wildman–Crippen MR) is 352 cm³/mol. The first-order valence-corrected chi connectivity index (χ1v) is 29.7. The van der Waals surface area contributed by atoms with Crippen LogP contribution >= 0.6 is 0 Å². The number of hydrogen-bond donors (Lipinski definition) is 0. The summed E-state index contributed by atoms with van der Waals surface area (Å²) >= 11 is 0. The van der Waals surface area contributed by atoms with Gasteiger partial charge in [-0.25, -0.2) is 0 Å². The maximum Gasteiger partial charge on any atom is 0.0726 e. The minimum absolute atomic E-state index is 0.0599. The minimum atomic E-state index is -0.597. The molecular formula is C82H58N2. The van der Waals surface area contributed by atoms with Crippen molar-refractivity contribution in [1.82, 2.24) is 4.57 Å². The third kappa shape index (κ3) is 7.10. The summed E-state index contributed by atoms with van der Waals surface area (Å²) in [6.07, 6.45) is 6.93. The van der Waals surface area contributed by atoms with Crippen molar-refractivity contribution in [3.8, 4) is 72.4 Å². The first-order chi connectivity index (χ1) is 41.4. The number of nitrogens with zero attached hydrogens (tertiary/aromatic N) is 2. The highest BCUT2D eigenvalue weighted by Gasteiger charge is 2.53. The number of benzene rings is 12. The molecule has 1 heterocycles. The lowest BCUT2D eigenvalue weighted by Gasteiger charge is -2.32. The van der Waals surface area contributed by atoms with Gasteiger partial charge < -0.3 is 9.47 Å². The zero-order valence-corrected chi connectivity index (χ0v) is 47.0. The molecule has 13 aromatic rings. The van der Waals surface area contributed by atoms with Crippen LogP contribution in [0.2, 0.25) is 0 Å². The van der Waals surface area contributed by atoms with Crippen molar-refractivity contribution in [3.63, 3.8) is 0 Å². The Morgan fingerprint density at radius 3 is 1.49 bits per heavy atom. The third-order valence-electron chi connectivity index (χ3n) is 19.1. The van der Waals surface area contributed by atoms with Crippen LogP contribution in [0.3, 0.4) is 0 Å². The van der Waals surface area contributed by atoms with Crippen LogP contribution in [0.15, 0.2) is 297 Å². The van der Waals surface area contributed by atoms with Crippen LogP contribution in [-0.2, 0) is 10.8 Å². The lowest BCUT2D eigenvalue weighted by Crippen LogP contribution is -2.26.